The van der Waals surface area contributed by atoms with Gasteiger partial charge in [0.25, 0.3) is 0 Å². The van der Waals surface area contributed by atoms with Crippen LogP contribution in [0.4, 0.5) is 0 Å². The second-order valence-corrected chi connectivity index (χ2v) is 16.3. The minimum Gasteiger partial charge on any atom is -0.292 e. The molecule has 39 heavy (non-hydrogen) atoms. The summed E-state index contributed by atoms with van der Waals surface area (Å²) in [4.78, 5) is 15.3. The molecule has 0 heterocycles. The van der Waals surface area contributed by atoms with Crippen molar-refractivity contribution >= 4 is 69.5 Å². The number of Topliss-reactive ketones (excluding diaryl/α,β-unsaturated/α-hetero) is 1. The molecule has 0 saturated carbocycles. The van der Waals surface area contributed by atoms with Crippen molar-refractivity contribution in [1.82, 2.24) is 0 Å². The molecule has 0 amide bonds. The van der Waals surface area contributed by atoms with Gasteiger partial charge in [-0.1, -0.05) is 130 Å². The van der Waals surface area contributed by atoms with Crippen LogP contribution in [-0.4, -0.2) is 5.78 Å². The molecular weight excluding hydrogens is 744 g/mol. The Morgan fingerprint density at radius 2 is 1.00 bits per heavy atom. The first kappa shape index (κ1) is 27.6. The molecule has 0 unspecified atom stereocenters. The van der Waals surface area contributed by atoms with Gasteiger partial charge in [0.05, 0.1) is 0 Å². The van der Waals surface area contributed by atoms with Crippen molar-refractivity contribution in [1.29, 1.82) is 0 Å². The van der Waals surface area contributed by atoms with Gasteiger partial charge in [0.15, 0.2) is 5.78 Å². The predicted molar refractivity (Wildman–Crippen MR) is 176 cm³/mol. The van der Waals surface area contributed by atoms with E-state index in [1.54, 1.807) is 0 Å². The summed E-state index contributed by atoms with van der Waals surface area (Å²) < 4.78 is 3.89. The van der Waals surface area contributed by atoms with E-state index >= 15 is 4.79 Å². The lowest BCUT2D eigenvalue weighted by atomic mass is 9.61. The van der Waals surface area contributed by atoms with Crippen molar-refractivity contribution in [2.75, 3.05) is 0 Å². The minimum atomic E-state index is -0.995. The van der Waals surface area contributed by atoms with Gasteiger partial charge < -0.3 is 0 Å². The van der Waals surface area contributed by atoms with Crippen LogP contribution in [0.1, 0.15) is 79.7 Å². The third kappa shape index (κ3) is 3.97. The van der Waals surface area contributed by atoms with Gasteiger partial charge in [-0.2, -0.15) is 0 Å². The van der Waals surface area contributed by atoms with E-state index in [4.69, 9.17) is 0 Å². The van der Waals surface area contributed by atoms with Crippen molar-refractivity contribution in [3.63, 3.8) is 0 Å². The molecule has 1 nitrogen and oxygen atoms in total. The maximum atomic E-state index is 15.3. The third-order valence-electron chi connectivity index (χ3n) is 8.21. The van der Waals surface area contributed by atoms with Gasteiger partial charge in [-0.25, -0.2) is 0 Å². The Morgan fingerprint density at radius 1 is 0.538 bits per heavy atom. The van der Waals surface area contributed by atoms with Gasteiger partial charge in [0, 0.05) is 34.6 Å². The summed E-state index contributed by atoms with van der Waals surface area (Å²) in [7, 11) is 0. The van der Waals surface area contributed by atoms with E-state index in [9.17, 15) is 0 Å². The fourth-order valence-corrected chi connectivity index (χ4v) is 8.26. The highest BCUT2D eigenvalue weighted by atomic mass is 79.9. The van der Waals surface area contributed by atoms with E-state index in [-0.39, 0.29) is 16.6 Å². The smallest absolute Gasteiger partial charge is 0.182 e. The van der Waals surface area contributed by atoms with Gasteiger partial charge in [-0.3, -0.25) is 4.79 Å². The Morgan fingerprint density at radius 3 is 1.51 bits per heavy atom. The monoisotopic (exact) mass is 768 g/mol. The van der Waals surface area contributed by atoms with Gasteiger partial charge in [0.1, 0.15) is 5.41 Å². The number of hydrogen-bond acceptors (Lipinski definition) is 1. The van der Waals surface area contributed by atoms with Crippen LogP contribution in [0, 0.1) is 0 Å². The van der Waals surface area contributed by atoms with Crippen LogP contribution in [0.25, 0.3) is 22.3 Å². The van der Waals surface area contributed by atoms with Crippen LogP contribution in [-0.2, 0) is 16.2 Å². The maximum absolute atomic E-state index is 15.3. The Bertz CT molecular complexity index is 1740. The first-order valence-corrected chi connectivity index (χ1v) is 16.2. The molecule has 0 saturated heterocycles. The van der Waals surface area contributed by atoms with E-state index in [1.807, 2.05) is 12.1 Å². The van der Waals surface area contributed by atoms with Crippen LogP contribution in [0.15, 0.2) is 78.6 Å². The van der Waals surface area contributed by atoms with Gasteiger partial charge in [0.2, 0.25) is 0 Å². The van der Waals surface area contributed by atoms with Crippen LogP contribution in [0.5, 0.6) is 0 Å². The first-order chi connectivity index (χ1) is 18.2. The fourth-order valence-electron chi connectivity index (χ4n) is 6.19. The summed E-state index contributed by atoms with van der Waals surface area (Å²) in [5, 5.41) is 0. The summed E-state index contributed by atoms with van der Waals surface area (Å²) in [6, 6.07) is 21.5. The molecule has 0 aliphatic heterocycles. The quantitative estimate of drug-likeness (QED) is 0.174. The molecule has 0 bridgehead atoms. The molecule has 0 aromatic heterocycles. The van der Waals surface area contributed by atoms with Gasteiger partial charge in [-0.05, 0) is 86.2 Å². The highest BCUT2D eigenvalue weighted by Gasteiger charge is 2.55. The second kappa shape index (κ2) is 8.98. The van der Waals surface area contributed by atoms with Crippen molar-refractivity contribution in [3.8, 4) is 22.3 Å². The lowest BCUT2D eigenvalue weighted by molar-refractivity contribution is 0.0935. The number of hydrogen-bond donors (Lipinski definition) is 0. The first-order valence-electron chi connectivity index (χ1n) is 13.0. The van der Waals surface area contributed by atoms with Crippen LogP contribution < -0.4 is 0 Å². The third-order valence-corrected chi connectivity index (χ3v) is 10.4. The topological polar surface area (TPSA) is 17.1 Å². The summed E-state index contributed by atoms with van der Waals surface area (Å²) in [5.74, 6) is 0.111. The molecular formula is C34H28Br4O. The zero-order valence-corrected chi connectivity index (χ0v) is 29.0. The van der Waals surface area contributed by atoms with E-state index in [0.717, 1.165) is 62.4 Å². The molecule has 0 radical (unpaired) electrons. The molecule has 4 aromatic carbocycles. The number of ketones is 1. The number of carbonyl (C=O) groups is 1. The lowest BCUT2D eigenvalue weighted by Gasteiger charge is -2.40. The predicted octanol–water partition coefficient (Wildman–Crippen LogP) is 11.5. The number of benzene rings is 4. The number of halogens is 4. The highest BCUT2D eigenvalue weighted by Crippen LogP contribution is 2.62. The minimum absolute atomic E-state index is 0.0938. The molecule has 5 heteroatoms. The van der Waals surface area contributed by atoms with Crippen molar-refractivity contribution in [2.45, 2.75) is 57.8 Å². The number of rotatable bonds is 0. The number of fused-ring (bicyclic) bond motifs is 9. The van der Waals surface area contributed by atoms with Gasteiger partial charge >= 0.3 is 0 Å². The Labute approximate surface area is 264 Å². The van der Waals surface area contributed by atoms with E-state index in [0.29, 0.717) is 0 Å². The molecule has 1 atom stereocenters. The summed E-state index contributed by atoms with van der Waals surface area (Å²) >= 11 is 15.3. The van der Waals surface area contributed by atoms with Crippen molar-refractivity contribution in [3.05, 3.63) is 112 Å². The Balaban J connectivity index is 1.88. The zero-order valence-electron chi connectivity index (χ0n) is 22.7. The highest BCUT2D eigenvalue weighted by molar-refractivity contribution is 9.11. The standard InChI is InChI=1S/C34H28Br4O/c1-32(2,3)17-11-25-29(27(37)13-17)21-9-7-19(35)15-23(21)31(39)34(25)24-16-20(36)8-10-22(24)30-26(34)12-18(14-28(30)38)33(4,5)6/h7-16H,1-6H3/t34-/m1/s1. The molecule has 0 N–H and O–H groups in total. The maximum Gasteiger partial charge on any atom is 0.182 e. The lowest BCUT2D eigenvalue weighted by Crippen LogP contribution is -2.41. The molecule has 0 fully saturated rings. The molecule has 2 aliphatic rings. The zero-order chi connectivity index (χ0) is 28.2. The molecule has 198 valence electrons. The summed E-state index contributed by atoms with van der Waals surface area (Å²) in [5.41, 5.74) is 9.28. The van der Waals surface area contributed by atoms with Crippen molar-refractivity contribution < 1.29 is 4.79 Å². The van der Waals surface area contributed by atoms with Gasteiger partial charge in [-0.15, -0.1) is 0 Å². The fraction of sp³-hybridized carbons (Fsp3) is 0.265. The average molecular weight is 772 g/mol. The molecule has 2 aliphatic carbocycles. The SMILES string of the molecule is CC(C)(C)c1cc(Br)c2c(c1)[C@]1(C(=O)c3cc(Br)ccc3-2)c2cc(Br)ccc2-c2c(Br)cc(C(C)(C)C)cc21. The average Bonchev–Trinajstić information content (AvgIpc) is 3.12. The summed E-state index contributed by atoms with van der Waals surface area (Å²) in [6.07, 6.45) is 0. The number of carbonyl (C=O) groups excluding carboxylic acids is 1. The second-order valence-electron chi connectivity index (χ2n) is 12.7. The summed E-state index contributed by atoms with van der Waals surface area (Å²) in [6.45, 7) is 13.4. The van der Waals surface area contributed by atoms with E-state index in [1.165, 1.54) is 11.1 Å². The van der Waals surface area contributed by atoms with Crippen LogP contribution in [0.2, 0.25) is 0 Å². The Kier molecular flexibility index (Phi) is 6.36. The van der Waals surface area contributed by atoms with E-state index < -0.39 is 5.41 Å². The van der Waals surface area contributed by atoms with Crippen LogP contribution in [0.3, 0.4) is 0 Å². The molecule has 4 aromatic rings. The largest absolute Gasteiger partial charge is 0.292 e. The molecule has 1 spiro atoms. The van der Waals surface area contributed by atoms with E-state index in [2.05, 4.69) is 154 Å². The Hall–Kier alpha value is -1.53. The van der Waals surface area contributed by atoms with Crippen molar-refractivity contribution in [2.24, 2.45) is 0 Å². The normalized spacial score (nSPS) is 17.6. The molecule has 6 rings (SSSR count). The van der Waals surface area contributed by atoms with Crippen LogP contribution >= 0.6 is 63.7 Å².